The average molecular weight is 363 g/mol. The molecule has 0 spiro atoms. The van der Waals surface area contributed by atoms with Crippen LogP contribution in [-0.4, -0.2) is 5.97 Å². The van der Waals surface area contributed by atoms with Gasteiger partial charge in [-0.2, -0.15) is 0 Å². The first-order valence-electron chi connectivity index (χ1n) is 3.84. The molecule has 64 valence electrons. The average Bonchev–Trinajstić information content (AvgIpc) is 2.06. The van der Waals surface area contributed by atoms with Gasteiger partial charge in [-0.3, -0.25) is 0 Å². The molecule has 2 nitrogen and oxygen atoms in total. The molecule has 0 aliphatic carbocycles. The molecule has 0 N–H and O–H groups in total. The standard InChI is InChI=1S/C6H5.C4H6O2.Hg/c1-2-4-6-5-3-1;1-2-3-4(5)6;/h1-5H;2H,1,3H2,(H,5,6);/q;;+1/p-1. The van der Waals surface area contributed by atoms with Crippen LogP contribution in [0, 0.1) is 0 Å². The summed E-state index contributed by atoms with van der Waals surface area (Å²) in [5.41, 5.74) is 0. The Morgan fingerprint density at radius 3 is 2.15 bits per heavy atom. The van der Waals surface area contributed by atoms with E-state index in [1.807, 2.05) is 0 Å². The van der Waals surface area contributed by atoms with Gasteiger partial charge in [-0.25, -0.2) is 0 Å². The van der Waals surface area contributed by atoms with E-state index in [0.717, 1.165) is 26.1 Å². The SMILES string of the molecule is C=CCC(=O)[O-].[Hg+][c]1ccccc1. The minimum atomic E-state index is -1.08. The van der Waals surface area contributed by atoms with Gasteiger partial charge in [0.15, 0.2) is 0 Å². The molecule has 1 aromatic carbocycles. The van der Waals surface area contributed by atoms with Crippen LogP contribution >= 0.6 is 0 Å². The van der Waals surface area contributed by atoms with Crippen molar-refractivity contribution in [1.29, 1.82) is 0 Å². The summed E-state index contributed by atoms with van der Waals surface area (Å²) < 4.78 is 1.52. The van der Waals surface area contributed by atoms with Crippen molar-refractivity contribution in [3.8, 4) is 0 Å². The van der Waals surface area contributed by atoms with Gasteiger partial charge < -0.3 is 9.90 Å². The second kappa shape index (κ2) is 7.99. The zero-order chi connectivity index (χ0) is 10.1. The number of aliphatic carboxylic acids is 1. The van der Waals surface area contributed by atoms with Crippen molar-refractivity contribution in [3.05, 3.63) is 43.0 Å². The summed E-state index contributed by atoms with van der Waals surface area (Å²) in [5, 5.41) is 9.42. The molecule has 1 aromatic rings. The molecule has 0 radical (unpaired) electrons. The van der Waals surface area contributed by atoms with Gasteiger partial charge in [-0.05, 0) is 0 Å². The molecular formula is C10H10HgO2. The summed E-state index contributed by atoms with van der Waals surface area (Å²) in [6, 6.07) is 10.6. The second-order valence-corrected chi connectivity index (χ2v) is 5.52. The van der Waals surface area contributed by atoms with E-state index in [9.17, 15) is 9.90 Å². The Hall–Kier alpha value is -0.635. The third-order valence-corrected chi connectivity index (χ3v) is 2.99. The topological polar surface area (TPSA) is 40.1 Å². The van der Waals surface area contributed by atoms with Crippen molar-refractivity contribution in [2.75, 3.05) is 0 Å². The summed E-state index contributed by atoms with van der Waals surface area (Å²) >= 11 is 0.810. The zero-order valence-electron chi connectivity index (χ0n) is 7.40. The normalized spacial score (nSPS) is 8.15. The van der Waals surface area contributed by atoms with Crippen LogP contribution in [0.5, 0.6) is 0 Å². The van der Waals surface area contributed by atoms with E-state index in [-0.39, 0.29) is 6.42 Å². The van der Waals surface area contributed by atoms with Crippen LogP contribution in [0.1, 0.15) is 6.42 Å². The summed E-state index contributed by atoms with van der Waals surface area (Å²) in [6.45, 7) is 3.18. The van der Waals surface area contributed by atoms with E-state index in [2.05, 4.69) is 36.9 Å². The number of rotatable bonds is 2. The number of carbonyl (C=O) groups is 1. The molecule has 0 atom stereocenters. The number of benzene rings is 1. The third-order valence-electron chi connectivity index (χ3n) is 1.15. The molecule has 0 amide bonds. The fraction of sp³-hybridized carbons (Fsp3) is 0.100. The second-order valence-electron chi connectivity index (χ2n) is 2.35. The Bertz CT molecular complexity index is 257. The van der Waals surface area contributed by atoms with Crippen molar-refractivity contribution < 1.29 is 36.0 Å². The predicted octanol–water partition coefficient (Wildman–Crippen LogP) is 0.171. The molecule has 0 aromatic heterocycles. The van der Waals surface area contributed by atoms with E-state index >= 15 is 0 Å². The van der Waals surface area contributed by atoms with Crippen LogP contribution in [-0.2, 0) is 30.9 Å². The van der Waals surface area contributed by atoms with E-state index in [1.165, 1.54) is 9.15 Å². The molecule has 0 saturated carbocycles. The maximum atomic E-state index is 9.42. The van der Waals surface area contributed by atoms with Gasteiger partial charge in [-0.1, -0.05) is 6.08 Å². The van der Waals surface area contributed by atoms with Crippen LogP contribution in [0.4, 0.5) is 0 Å². The predicted molar refractivity (Wildman–Crippen MR) is 45.9 cm³/mol. The summed E-state index contributed by atoms with van der Waals surface area (Å²) in [6.07, 6.45) is 1.23. The molecule has 0 aliphatic rings. The monoisotopic (exact) mass is 364 g/mol. The number of hydrogen-bond acceptors (Lipinski definition) is 2. The van der Waals surface area contributed by atoms with Gasteiger partial charge in [0.1, 0.15) is 0 Å². The number of carbonyl (C=O) groups excluding carboxylic acids is 1. The molecule has 0 saturated heterocycles. The van der Waals surface area contributed by atoms with Crippen molar-refractivity contribution in [3.63, 3.8) is 0 Å². The van der Waals surface area contributed by atoms with Gasteiger partial charge in [-0.15, -0.1) is 6.58 Å². The number of hydrogen-bond donors (Lipinski definition) is 0. The van der Waals surface area contributed by atoms with E-state index in [0.29, 0.717) is 0 Å². The first-order chi connectivity index (χ1) is 6.16. The first kappa shape index (κ1) is 12.4. The van der Waals surface area contributed by atoms with Crippen LogP contribution in [0.3, 0.4) is 0 Å². The third kappa shape index (κ3) is 9.28. The summed E-state index contributed by atoms with van der Waals surface area (Å²) in [7, 11) is 0. The van der Waals surface area contributed by atoms with E-state index in [1.54, 1.807) is 0 Å². The molecule has 13 heavy (non-hydrogen) atoms. The van der Waals surface area contributed by atoms with Gasteiger partial charge in [0.2, 0.25) is 0 Å². The molecule has 0 fully saturated rings. The molecule has 1 rings (SSSR count). The Balaban J connectivity index is 0.000000226. The van der Waals surface area contributed by atoms with Gasteiger partial charge in [0, 0.05) is 12.4 Å². The van der Waals surface area contributed by atoms with Crippen molar-refractivity contribution in [1.82, 2.24) is 0 Å². The summed E-state index contributed by atoms with van der Waals surface area (Å²) in [4.78, 5) is 9.42. The Morgan fingerprint density at radius 1 is 1.46 bits per heavy atom. The number of carboxylic acid groups (broad SMARTS) is 1. The van der Waals surface area contributed by atoms with Crippen LogP contribution in [0.15, 0.2) is 43.0 Å². The van der Waals surface area contributed by atoms with Gasteiger partial charge in [0.05, 0.1) is 0 Å². The van der Waals surface area contributed by atoms with Crippen molar-refractivity contribution in [2.45, 2.75) is 6.42 Å². The minimum absolute atomic E-state index is 0.0556. The van der Waals surface area contributed by atoms with Crippen LogP contribution in [0.25, 0.3) is 0 Å². The van der Waals surface area contributed by atoms with E-state index in [4.69, 9.17) is 0 Å². The molecule has 0 aliphatic heterocycles. The fourth-order valence-electron chi connectivity index (χ4n) is 0.596. The van der Waals surface area contributed by atoms with Crippen LogP contribution in [0.2, 0.25) is 0 Å². The summed E-state index contributed by atoms with van der Waals surface area (Å²) in [5.74, 6) is -1.08. The molecule has 0 bridgehead atoms. The Labute approximate surface area is 94.3 Å². The maximum absolute atomic E-state index is 9.42. The molecular weight excluding hydrogens is 353 g/mol. The quantitative estimate of drug-likeness (QED) is 0.556. The van der Waals surface area contributed by atoms with Gasteiger partial charge >= 0.3 is 59.5 Å². The van der Waals surface area contributed by atoms with Crippen LogP contribution < -0.4 is 8.18 Å². The molecule has 0 unspecified atom stereocenters. The zero-order valence-corrected chi connectivity index (χ0v) is 12.9. The Morgan fingerprint density at radius 2 is 2.00 bits per heavy atom. The van der Waals surface area contributed by atoms with Gasteiger partial charge in [0.25, 0.3) is 0 Å². The molecule has 3 heteroatoms. The van der Waals surface area contributed by atoms with Crippen molar-refractivity contribution >= 4 is 9.04 Å². The Kier molecular flexibility index (Phi) is 7.60. The van der Waals surface area contributed by atoms with E-state index < -0.39 is 5.97 Å². The van der Waals surface area contributed by atoms with Crippen molar-refractivity contribution in [2.24, 2.45) is 0 Å². The first-order valence-corrected chi connectivity index (χ1v) is 6.59. The molecule has 0 heterocycles. The number of carboxylic acids is 1. The fourth-order valence-corrected chi connectivity index (χ4v) is 1.65.